The maximum Gasteiger partial charge on any atom is -0.0386 e. The van der Waals surface area contributed by atoms with Gasteiger partial charge in [0, 0.05) is 0 Å². The molecular formula is C13H27. The van der Waals surface area contributed by atoms with Crippen LogP contribution in [-0.4, -0.2) is 0 Å². The van der Waals surface area contributed by atoms with Crippen molar-refractivity contribution in [1.29, 1.82) is 0 Å². The van der Waals surface area contributed by atoms with Gasteiger partial charge in [0.05, 0.1) is 0 Å². The Morgan fingerprint density at radius 1 is 0.923 bits per heavy atom. The third-order valence-corrected chi connectivity index (χ3v) is 4.01. The molecule has 0 aromatic rings. The van der Waals surface area contributed by atoms with Gasteiger partial charge in [-0.05, 0) is 23.7 Å². The Kier molecular flexibility index (Phi) is 6.45. The van der Waals surface area contributed by atoms with Crippen molar-refractivity contribution in [1.82, 2.24) is 0 Å². The van der Waals surface area contributed by atoms with Gasteiger partial charge in [-0.1, -0.05) is 60.8 Å². The van der Waals surface area contributed by atoms with Crippen LogP contribution in [0.25, 0.3) is 0 Å². The van der Waals surface area contributed by atoms with E-state index < -0.39 is 0 Å². The second-order valence-corrected chi connectivity index (χ2v) is 4.56. The van der Waals surface area contributed by atoms with Crippen LogP contribution in [0.15, 0.2) is 0 Å². The molecule has 79 valence electrons. The summed E-state index contributed by atoms with van der Waals surface area (Å²) in [6, 6.07) is 0. The van der Waals surface area contributed by atoms with E-state index in [0.29, 0.717) is 0 Å². The molecule has 0 N–H and O–H groups in total. The first-order valence-electron chi connectivity index (χ1n) is 5.87. The quantitative estimate of drug-likeness (QED) is 0.566. The highest BCUT2D eigenvalue weighted by Crippen LogP contribution is 2.31. The van der Waals surface area contributed by atoms with Crippen molar-refractivity contribution >= 4 is 0 Å². The Balaban J connectivity index is 4.13. The fraction of sp³-hybridized carbons (Fsp3) is 0.923. The summed E-state index contributed by atoms with van der Waals surface area (Å²) in [5.74, 6) is 3.36. The van der Waals surface area contributed by atoms with Crippen LogP contribution in [0.4, 0.5) is 0 Å². The van der Waals surface area contributed by atoms with Crippen molar-refractivity contribution in [3.8, 4) is 0 Å². The van der Waals surface area contributed by atoms with Gasteiger partial charge in [-0.2, -0.15) is 0 Å². The summed E-state index contributed by atoms with van der Waals surface area (Å²) >= 11 is 0. The molecule has 0 amide bonds. The van der Waals surface area contributed by atoms with E-state index in [9.17, 15) is 0 Å². The van der Waals surface area contributed by atoms with Crippen molar-refractivity contribution in [2.45, 2.75) is 53.9 Å². The second-order valence-electron chi connectivity index (χ2n) is 4.56. The summed E-state index contributed by atoms with van der Waals surface area (Å²) in [7, 11) is 0. The average molecular weight is 183 g/mol. The van der Waals surface area contributed by atoms with E-state index in [0.717, 1.165) is 30.1 Å². The van der Waals surface area contributed by atoms with Crippen molar-refractivity contribution < 1.29 is 0 Å². The summed E-state index contributed by atoms with van der Waals surface area (Å²) in [5.41, 5.74) is 0. The highest BCUT2D eigenvalue weighted by atomic mass is 14.3. The second kappa shape index (κ2) is 6.45. The molecular weight excluding hydrogens is 156 g/mol. The molecule has 0 aliphatic rings. The Morgan fingerprint density at radius 3 is 1.77 bits per heavy atom. The fourth-order valence-electron chi connectivity index (χ4n) is 2.16. The van der Waals surface area contributed by atoms with E-state index in [4.69, 9.17) is 0 Å². The molecule has 13 heavy (non-hydrogen) atoms. The largest absolute Gasteiger partial charge is 0.0651 e. The average Bonchev–Trinajstić information content (AvgIpc) is 2.17. The molecule has 1 radical (unpaired) electrons. The van der Waals surface area contributed by atoms with Crippen LogP contribution in [0.5, 0.6) is 0 Å². The molecule has 4 unspecified atom stereocenters. The molecule has 0 aromatic carbocycles. The van der Waals surface area contributed by atoms with Crippen LogP contribution in [0.3, 0.4) is 0 Å². The van der Waals surface area contributed by atoms with Gasteiger partial charge in [-0.3, -0.25) is 0 Å². The predicted octanol–water partition coefficient (Wildman–Crippen LogP) is 4.56. The zero-order valence-electron chi connectivity index (χ0n) is 10.1. The molecule has 0 bridgehead atoms. The van der Waals surface area contributed by atoms with Crippen LogP contribution in [0.2, 0.25) is 0 Å². The molecule has 0 saturated heterocycles. The number of hydrogen-bond donors (Lipinski definition) is 0. The minimum atomic E-state index is 0.823. The topological polar surface area (TPSA) is 0 Å². The first kappa shape index (κ1) is 13.0. The molecule has 0 spiro atoms. The van der Waals surface area contributed by atoms with Gasteiger partial charge in [0.25, 0.3) is 0 Å². The molecule has 0 aromatic heterocycles. The highest BCUT2D eigenvalue weighted by molar-refractivity contribution is 4.74. The summed E-state index contributed by atoms with van der Waals surface area (Å²) in [6.07, 6.45) is 3.68. The molecule has 0 saturated carbocycles. The van der Waals surface area contributed by atoms with Crippen LogP contribution >= 0.6 is 0 Å². The summed E-state index contributed by atoms with van der Waals surface area (Å²) < 4.78 is 0. The Hall–Kier alpha value is 0. The van der Waals surface area contributed by atoms with Gasteiger partial charge in [-0.25, -0.2) is 0 Å². The lowest BCUT2D eigenvalue weighted by molar-refractivity contribution is 0.194. The van der Waals surface area contributed by atoms with Crippen LogP contribution in [0.1, 0.15) is 53.9 Å². The normalized spacial score (nSPS) is 18.7. The van der Waals surface area contributed by atoms with E-state index in [2.05, 4.69) is 41.5 Å². The lowest BCUT2D eigenvalue weighted by atomic mass is 9.75. The molecule has 0 heterocycles. The van der Waals surface area contributed by atoms with Crippen LogP contribution in [-0.2, 0) is 0 Å². The van der Waals surface area contributed by atoms with E-state index in [1.54, 1.807) is 0 Å². The molecule has 0 fully saturated rings. The summed E-state index contributed by atoms with van der Waals surface area (Å²) in [6.45, 7) is 15.8. The molecule has 0 rings (SSSR count). The van der Waals surface area contributed by atoms with Crippen molar-refractivity contribution in [3.63, 3.8) is 0 Å². The van der Waals surface area contributed by atoms with Gasteiger partial charge < -0.3 is 0 Å². The molecule has 4 atom stereocenters. The van der Waals surface area contributed by atoms with Gasteiger partial charge in [0.1, 0.15) is 0 Å². The van der Waals surface area contributed by atoms with Gasteiger partial charge in [0.2, 0.25) is 0 Å². The number of rotatable bonds is 6. The number of hydrogen-bond acceptors (Lipinski definition) is 0. The summed E-state index contributed by atoms with van der Waals surface area (Å²) in [5, 5.41) is 0. The predicted molar refractivity (Wildman–Crippen MR) is 61.5 cm³/mol. The molecule has 0 nitrogen and oxygen atoms in total. The van der Waals surface area contributed by atoms with E-state index in [1.807, 2.05) is 0 Å². The Labute approximate surface area is 85.1 Å². The van der Waals surface area contributed by atoms with E-state index in [1.165, 1.54) is 12.8 Å². The first-order valence-corrected chi connectivity index (χ1v) is 5.87. The SMILES string of the molecule is [CH2]CC(CC)C(C)C(C)C(C)CC. The fourth-order valence-corrected chi connectivity index (χ4v) is 2.16. The monoisotopic (exact) mass is 183 g/mol. The van der Waals surface area contributed by atoms with Crippen molar-refractivity contribution in [2.75, 3.05) is 0 Å². The lowest BCUT2D eigenvalue weighted by Gasteiger charge is -2.31. The third-order valence-electron chi connectivity index (χ3n) is 4.01. The first-order chi connectivity index (χ1) is 6.08. The van der Waals surface area contributed by atoms with Crippen molar-refractivity contribution in [2.24, 2.45) is 23.7 Å². The minimum Gasteiger partial charge on any atom is -0.0651 e. The third kappa shape index (κ3) is 3.70. The zero-order valence-corrected chi connectivity index (χ0v) is 10.1. The van der Waals surface area contributed by atoms with Gasteiger partial charge in [-0.15, -0.1) is 0 Å². The smallest absolute Gasteiger partial charge is 0.0386 e. The minimum absolute atomic E-state index is 0.823. The molecule has 0 aliphatic heterocycles. The van der Waals surface area contributed by atoms with E-state index >= 15 is 0 Å². The summed E-state index contributed by atoms with van der Waals surface area (Å²) in [4.78, 5) is 0. The maximum atomic E-state index is 4.05. The van der Waals surface area contributed by atoms with E-state index in [-0.39, 0.29) is 0 Å². The van der Waals surface area contributed by atoms with Gasteiger partial charge >= 0.3 is 0 Å². The molecule has 0 aliphatic carbocycles. The Bertz CT molecular complexity index is 113. The lowest BCUT2D eigenvalue weighted by Crippen LogP contribution is -2.23. The Morgan fingerprint density at radius 2 is 1.46 bits per heavy atom. The highest BCUT2D eigenvalue weighted by Gasteiger charge is 2.23. The molecule has 0 heteroatoms. The van der Waals surface area contributed by atoms with Crippen LogP contribution in [0, 0.1) is 30.6 Å². The van der Waals surface area contributed by atoms with Gasteiger partial charge in [0.15, 0.2) is 0 Å². The van der Waals surface area contributed by atoms with Crippen LogP contribution < -0.4 is 0 Å². The maximum absolute atomic E-state index is 4.05. The zero-order chi connectivity index (χ0) is 10.4. The standard InChI is InChI=1S/C13H27/c1-7-10(4)11(5)12(6)13(8-2)9-3/h10-13H,2,7-9H2,1,3-6H3. The van der Waals surface area contributed by atoms with Crippen molar-refractivity contribution in [3.05, 3.63) is 6.92 Å².